The molecule has 0 aliphatic rings. The fourth-order valence-corrected chi connectivity index (χ4v) is 2.12. The zero-order valence-corrected chi connectivity index (χ0v) is 11.9. The van der Waals surface area contributed by atoms with E-state index < -0.39 is 29.1 Å². The molecule has 24 heavy (non-hydrogen) atoms. The third-order valence-electron chi connectivity index (χ3n) is 3.17. The van der Waals surface area contributed by atoms with Crippen molar-refractivity contribution in [2.75, 3.05) is 0 Å². The predicted octanol–water partition coefficient (Wildman–Crippen LogP) is 4.47. The van der Waals surface area contributed by atoms with Crippen LogP contribution in [0.25, 0.3) is 5.65 Å². The van der Waals surface area contributed by atoms with E-state index >= 15 is 0 Å². The predicted molar refractivity (Wildman–Crippen MR) is 77.8 cm³/mol. The van der Waals surface area contributed by atoms with Crippen LogP contribution in [0.15, 0.2) is 58.9 Å². The Morgan fingerprint density at radius 3 is 2.50 bits per heavy atom. The number of alkyl halides is 3. The van der Waals surface area contributed by atoms with Gasteiger partial charge in [0.1, 0.15) is 5.65 Å². The van der Waals surface area contributed by atoms with Crippen LogP contribution in [0.2, 0.25) is 0 Å². The summed E-state index contributed by atoms with van der Waals surface area (Å²) in [6.45, 7) is 0. The smallest absolute Gasteiger partial charge is 0.418 e. The maximum atomic E-state index is 13.0. The lowest BCUT2D eigenvalue weighted by atomic mass is 10.2. The molecule has 0 spiro atoms. The SMILES string of the molecule is O=C(O)c1nc2ccccn2c1N=Nc1ccccc1C(F)(F)F. The normalized spacial score (nSPS) is 12.1. The molecule has 0 aliphatic heterocycles. The molecule has 3 rings (SSSR count). The topological polar surface area (TPSA) is 79.3 Å². The van der Waals surface area contributed by atoms with Crippen LogP contribution >= 0.6 is 0 Å². The van der Waals surface area contributed by atoms with Crippen LogP contribution in [0.1, 0.15) is 16.1 Å². The van der Waals surface area contributed by atoms with Crippen molar-refractivity contribution in [3.8, 4) is 0 Å². The molecule has 122 valence electrons. The van der Waals surface area contributed by atoms with Gasteiger partial charge in [-0.3, -0.25) is 4.40 Å². The molecule has 0 radical (unpaired) electrons. The molecule has 1 aromatic carbocycles. The molecule has 2 heterocycles. The van der Waals surface area contributed by atoms with E-state index in [2.05, 4.69) is 15.2 Å². The number of pyridine rings is 1. The van der Waals surface area contributed by atoms with Crippen molar-refractivity contribution in [1.82, 2.24) is 9.38 Å². The van der Waals surface area contributed by atoms with Gasteiger partial charge in [0.15, 0.2) is 11.5 Å². The molecule has 9 heteroatoms. The monoisotopic (exact) mass is 334 g/mol. The summed E-state index contributed by atoms with van der Waals surface area (Å²) < 4.78 is 40.2. The quantitative estimate of drug-likeness (QED) is 0.718. The first-order chi connectivity index (χ1) is 11.4. The van der Waals surface area contributed by atoms with Gasteiger partial charge >= 0.3 is 12.1 Å². The maximum Gasteiger partial charge on any atom is 0.418 e. The Balaban J connectivity index is 2.13. The van der Waals surface area contributed by atoms with E-state index in [9.17, 15) is 23.1 Å². The van der Waals surface area contributed by atoms with E-state index in [1.165, 1.54) is 22.7 Å². The summed E-state index contributed by atoms with van der Waals surface area (Å²) in [6, 6.07) is 9.46. The highest BCUT2D eigenvalue weighted by Crippen LogP contribution is 2.36. The number of hydrogen-bond acceptors (Lipinski definition) is 4. The molecule has 2 aromatic heterocycles. The number of aromatic nitrogens is 2. The number of carboxylic acid groups (broad SMARTS) is 1. The summed E-state index contributed by atoms with van der Waals surface area (Å²) in [5, 5.41) is 16.5. The highest BCUT2D eigenvalue weighted by atomic mass is 19.4. The number of carboxylic acids is 1. The van der Waals surface area contributed by atoms with Gasteiger partial charge in [0.05, 0.1) is 11.3 Å². The molecular weight excluding hydrogens is 325 g/mol. The van der Waals surface area contributed by atoms with Crippen LogP contribution in [0.4, 0.5) is 24.7 Å². The molecule has 1 N–H and O–H groups in total. The summed E-state index contributed by atoms with van der Waals surface area (Å²) in [6.07, 6.45) is -3.09. The van der Waals surface area contributed by atoms with Crippen molar-refractivity contribution in [3.05, 3.63) is 59.9 Å². The molecule has 0 bridgehead atoms. The van der Waals surface area contributed by atoms with Crippen molar-refractivity contribution < 1.29 is 23.1 Å². The number of benzene rings is 1. The van der Waals surface area contributed by atoms with Crippen molar-refractivity contribution >= 4 is 23.1 Å². The van der Waals surface area contributed by atoms with Crippen molar-refractivity contribution in [2.45, 2.75) is 6.18 Å². The van der Waals surface area contributed by atoms with Gasteiger partial charge < -0.3 is 5.11 Å². The van der Waals surface area contributed by atoms with E-state index in [1.54, 1.807) is 18.2 Å². The van der Waals surface area contributed by atoms with Crippen molar-refractivity contribution in [3.63, 3.8) is 0 Å². The first kappa shape index (κ1) is 15.7. The molecule has 3 aromatic rings. The van der Waals surface area contributed by atoms with E-state index in [1.807, 2.05) is 0 Å². The fraction of sp³-hybridized carbons (Fsp3) is 0.0667. The molecule has 0 amide bonds. The number of hydrogen-bond donors (Lipinski definition) is 1. The van der Waals surface area contributed by atoms with Crippen LogP contribution < -0.4 is 0 Å². The van der Waals surface area contributed by atoms with Gasteiger partial charge in [-0.2, -0.15) is 13.2 Å². The highest BCUT2D eigenvalue weighted by Gasteiger charge is 2.33. The van der Waals surface area contributed by atoms with Crippen LogP contribution in [0, 0.1) is 0 Å². The summed E-state index contributed by atoms with van der Waals surface area (Å²) in [4.78, 5) is 15.2. The molecule has 0 saturated carbocycles. The molecule has 0 aliphatic carbocycles. The van der Waals surface area contributed by atoms with Crippen LogP contribution in [-0.2, 0) is 6.18 Å². The van der Waals surface area contributed by atoms with E-state index in [0.717, 1.165) is 12.1 Å². The molecule has 0 unspecified atom stereocenters. The van der Waals surface area contributed by atoms with Crippen LogP contribution in [-0.4, -0.2) is 20.5 Å². The number of aromatic carboxylic acids is 1. The summed E-state index contributed by atoms with van der Waals surface area (Å²) >= 11 is 0. The Kier molecular flexibility index (Phi) is 3.76. The Bertz CT molecular complexity index is 947. The number of rotatable bonds is 3. The van der Waals surface area contributed by atoms with E-state index in [-0.39, 0.29) is 5.82 Å². The molecular formula is C15H9F3N4O2. The number of nitrogens with zero attached hydrogens (tertiary/aromatic N) is 4. The lowest BCUT2D eigenvalue weighted by Crippen LogP contribution is -2.04. The number of fused-ring (bicyclic) bond motifs is 1. The van der Waals surface area contributed by atoms with E-state index in [0.29, 0.717) is 5.65 Å². The average Bonchev–Trinajstić information content (AvgIpc) is 2.91. The number of carbonyl (C=O) groups is 1. The minimum Gasteiger partial charge on any atom is -0.476 e. The molecule has 0 fully saturated rings. The lowest BCUT2D eigenvalue weighted by Gasteiger charge is -2.08. The Labute approximate surface area is 132 Å². The minimum atomic E-state index is -4.59. The zero-order chi connectivity index (χ0) is 17.3. The number of imidazole rings is 1. The highest BCUT2D eigenvalue weighted by molar-refractivity contribution is 5.91. The van der Waals surface area contributed by atoms with E-state index in [4.69, 9.17) is 0 Å². The second kappa shape index (κ2) is 5.76. The molecule has 0 atom stereocenters. The van der Waals surface area contributed by atoms with Crippen LogP contribution in [0.3, 0.4) is 0 Å². The molecule has 6 nitrogen and oxygen atoms in total. The fourth-order valence-electron chi connectivity index (χ4n) is 2.12. The summed E-state index contributed by atoms with van der Waals surface area (Å²) in [7, 11) is 0. The Morgan fingerprint density at radius 2 is 1.79 bits per heavy atom. The second-order valence-corrected chi connectivity index (χ2v) is 4.73. The Morgan fingerprint density at radius 1 is 1.08 bits per heavy atom. The lowest BCUT2D eigenvalue weighted by molar-refractivity contribution is -0.137. The second-order valence-electron chi connectivity index (χ2n) is 4.73. The third-order valence-corrected chi connectivity index (χ3v) is 3.17. The van der Waals surface area contributed by atoms with Gasteiger partial charge in [0.25, 0.3) is 0 Å². The van der Waals surface area contributed by atoms with Crippen molar-refractivity contribution in [2.24, 2.45) is 10.2 Å². The first-order valence-corrected chi connectivity index (χ1v) is 6.66. The van der Waals surface area contributed by atoms with Gasteiger partial charge in [0, 0.05) is 6.20 Å². The zero-order valence-electron chi connectivity index (χ0n) is 11.9. The van der Waals surface area contributed by atoms with Crippen LogP contribution in [0.5, 0.6) is 0 Å². The van der Waals surface area contributed by atoms with Gasteiger partial charge in [0.2, 0.25) is 0 Å². The minimum absolute atomic E-state index is 0.157. The van der Waals surface area contributed by atoms with Gasteiger partial charge in [-0.05, 0) is 24.3 Å². The van der Waals surface area contributed by atoms with Gasteiger partial charge in [-0.25, -0.2) is 9.78 Å². The maximum absolute atomic E-state index is 13.0. The first-order valence-electron chi connectivity index (χ1n) is 6.66. The van der Waals surface area contributed by atoms with Gasteiger partial charge in [-0.1, -0.05) is 18.2 Å². The standard InChI is InChI=1S/C15H9F3N4O2/c16-15(17,18)9-5-1-2-6-10(9)20-21-13-12(14(23)24)19-11-7-3-4-8-22(11)13/h1-8H,(H,23,24). The molecule has 0 saturated heterocycles. The van der Waals surface area contributed by atoms with Crippen molar-refractivity contribution in [1.29, 1.82) is 0 Å². The largest absolute Gasteiger partial charge is 0.476 e. The summed E-state index contributed by atoms with van der Waals surface area (Å²) in [5.41, 5.74) is -1.46. The average molecular weight is 334 g/mol. The van der Waals surface area contributed by atoms with Gasteiger partial charge in [-0.15, -0.1) is 10.2 Å². The number of azo groups is 1. The third kappa shape index (κ3) is 2.83. The Hall–Kier alpha value is -3.23. The number of halogens is 3. The summed E-state index contributed by atoms with van der Waals surface area (Å²) in [5.74, 6) is -1.51.